The smallest absolute Gasteiger partial charge is 0.133 e. The van der Waals surface area contributed by atoms with Gasteiger partial charge in [0.1, 0.15) is 10.5 Å². The highest BCUT2D eigenvalue weighted by Crippen LogP contribution is 2.30. The lowest BCUT2D eigenvalue weighted by Gasteiger charge is -2.25. The maximum atomic E-state index is 5.45. The molecule has 0 fully saturated rings. The topological polar surface area (TPSA) is 28.7 Å². The second kappa shape index (κ2) is 4.57. The van der Waals surface area contributed by atoms with Gasteiger partial charge in [0.25, 0.3) is 0 Å². The molecule has 0 atom stereocenters. The van der Waals surface area contributed by atoms with Crippen molar-refractivity contribution in [2.75, 3.05) is 0 Å². The van der Waals surface area contributed by atoms with Crippen LogP contribution in [0.3, 0.4) is 0 Å². The maximum Gasteiger partial charge on any atom is 0.133 e. The van der Waals surface area contributed by atoms with E-state index < -0.39 is 0 Å². The van der Waals surface area contributed by atoms with Gasteiger partial charge in [0.2, 0.25) is 0 Å². The van der Waals surface area contributed by atoms with E-state index in [0.717, 1.165) is 23.3 Å². The van der Waals surface area contributed by atoms with Crippen LogP contribution >= 0.6 is 12.2 Å². The van der Waals surface area contributed by atoms with E-state index in [1.165, 1.54) is 23.2 Å². The van der Waals surface area contributed by atoms with Crippen molar-refractivity contribution in [2.45, 2.75) is 38.5 Å². The number of hydrogen-bond acceptors (Lipinski definition) is 2. The molecule has 0 saturated carbocycles. The van der Waals surface area contributed by atoms with E-state index in [9.17, 15) is 0 Å². The monoisotopic (exact) mass is 270 g/mol. The summed E-state index contributed by atoms with van der Waals surface area (Å²) in [6.07, 6.45) is 3.36. The molecule has 0 bridgehead atoms. The molecular weight excluding hydrogens is 252 g/mol. The van der Waals surface area contributed by atoms with Gasteiger partial charge in [-0.3, -0.25) is 0 Å². The van der Waals surface area contributed by atoms with Gasteiger partial charge in [-0.2, -0.15) is 0 Å². The van der Waals surface area contributed by atoms with E-state index in [2.05, 4.69) is 48.1 Å². The number of H-pyrrole nitrogens is 1. The number of nitrogens with one attached hydrogen (secondary N) is 1. The predicted octanol–water partition coefficient (Wildman–Crippen LogP) is 3.95. The molecule has 1 aromatic heterocycles. The molecule has 3 rings (SSSR count). The van der Waals surface area contributed by atoms with Crippen molar-refractivity contribution in [3.05, 3.63) is 57.6 Å². The van der Waals surface area contributed by atoms with Crippen molar-refractivity contribution in [1.29, 1.82) is 0 Å². The molecule has 3 heteroatoms. The molecule has 1 N–H and O–H groups in total. The molecule has 0 radical (unpaired) electrons. The van der Waals surface area contributed by atoms with E-state index in [1.54, 1.807) is 0 Å². The molecule has 0 saturated heterocycles. The lowest BCUT2D eigenvalue weighted by atomic mass is 9.83. The molecule has 1 heterocycles. The summed E-state index contributed by atoms with van der Waals surface area (Å²) in [7, 11) is 0. The number of fused-ring (bicyclic) bond motifs is 1. The Labute approximate surface area is 118 Å². The molecule has 0 unspecified atom stereocenters. The Morgan fingerprint density at radius 1 is 1.16 bits per heavy atom. The number of rotatable bonds is 2. The summed E-state index contributed by atoms with van der Waals surface area (Å²) >= 11 is 5.45. The number of nitrogens with zero attached hydrogens (tertiary/aromatic N) is 1. The fourth-order valence-electron chi connectivity index (χ4n) is 2.75. The number of benzene rings is 1. The van der Waals surface area contributed by atoms with Gasteiger partial charge in [-0.1, -0.05) is 42.5 Å². The first-order valence-electron chi connectivity index (χ1n) is 6.77. The van der Waals surface area contributed by atoms with E-state index in [-0.39, 0.29) is 5.41 Å². The summed E-state index contributed by atoms with van der Waals surface area (Å²) in [6, 6.07) is 10.5. The number of aromatic nitrogens is 2. The lowest BCUT2D eigenvalue weighted by Crippen LogP contribution is -2.23. The van der Waals surface area contributed by atoms with Gasteiger partial charge in [0, 0.05) is 16.7 Å². The van der Waals surface area contributed by atoms with Crippen LogP contribution in [0.2, 0.25) is 0 Å². The molecule has 1 aliphatic carbocycles. The number of aromatic amines is 1. The Kier molecular flexibility index (Phi) is 3.02. The predicted molar refractivity (Wildman–Crippen MR) is 80.0 cm³/mol. The van der Waals surface area contributed by atoms with Crippen LogP contribution in [0.1, 0.15) is 42.9 Å². The fraction of sp³-hybridized carbons (Fsp3) is 0.375. The van der Waals surface area contributed by atoms with Crippen LogP contribution in [0.5, 0.6) is 0 Å². The van der Waals surface area contributed by atoms with Gasteiger partial charge < -0.3 is 4.98 Å². The molecule has 2 nitrogen and oxygen atoms in total. The van der Waals surface area contributed by atoms with E-state index in [1.807, 2.05) is 6.07 Å². The molecular formula is C16H18N2S. The van der Waals surface area contributed by atoms with Crippen LogP contribution in [0, 0.1) is 4.64 Å². The van der Waals surface area contributed by atoms with Gasteiger partial charge >= 0.3 is 0 Å². The fourth-order valence-corrected chi connectivity index (χ4v) is 3.06. The van der Waals surface area contributed by atoms with E-state index in [4.69, 9.17) is 12.2 Å². The Hall–Kier alpha value is -1.48. The zero-order valence-corrected chi connectivity index (χ0v) is 12.2. The number of aryl methyl sites for hydroxylation is 1. The van der Waals surface area contributed by atoms with Crippen molar-refractivity contribution in [3.63, 3.8) is 0 Å². The molecule has 0 aliphatic heterocycles. The van der Waals surface area contributed by atoms with E-state index in [0.29, 0.717) is 0 Å². The van der Waals surface area contributed by atoms with Gasteiger partial charge in [-0.25, -0.2) is 4.98 Å². The summed E-state index contributed by atoms with van der Waals surface area (Å²) in [5.74, 6) is 0.976. The Morgan fingerprint density at radius 2 is 1.89 bits per heavy atom. The van der Waals surface area contributed by atoms with Crippen molar-refractivity contribution in [1.82, 2.24) is 9.97 Å². The molecule has 98 valence electrons. The minimum Gasteiger partial charge on any atom is -0.346 e. The molecule has 1 aromatic carbocycles. The first-order chi connectivity index (χ1) is 9.09. The minimum absolute atomic E-state index is 0.146. The van der Waals surface area contributed by atoms with Crippen molar-refractivity contribution in [3.8, 4) is 0 Å². The molecule has 0 amide bonds. The molecule has 2 aromatic rings. The van der Waals surface area contributed by atoms with Crippen LogP contribution in [-0.2, 0) is 18.3 Å². The Bertz CT molecular complexity index is 656. The summed E-state index contributed by atoms with van der Waals surface area (Å²) in [4.78, 5) is 8.18. The Morgan fingerprint density at radius 3 is 2.63 bits per heavy atom. The average molecular weight is 270 g/mol. The maximum absolute atomic E-state index is 5.45. The second-order valence-electron chi connectivity index (χ2n) is 5.69. The molecule has 19 heavy (non-hydrogen) atoms. The zero-order valence-electron chi connectivity index (χ0n) is 11.4. The van der Waals surface area contributed by atoms with Crippen molar-refractivity contribution >= 4 is 12.2 Å². The van der Waals surface area contributed by atoms with Crippen LogP contribution in [0.4, 0.5) is 0 Å². The highest BCUT2D eigenvalue weighted by atomic mass is 32.1. The van der Waals surface area contributed by atoms with Gasteiger partial charge in [0.05, 0.1) is 0 Å². The van der Waals surface area contributed by atoms with Gasteiger partial charge in [-0.15, -0.1) is 0 Å². The summed E-state index contributed by atoms with van der Waals surface area (Å²) < 4.78 is 0.783. The first-order valence-corrected chi connectivity index (χ1v) is 7.18. The normalized spacial score (nSPS) is 14.4. The lowest BCUT2D eigenvalue weighted by molar-refractivity contribution is 0.584. The highest BCUT2D eigenvalue weighted by molar-refractivity contribution is 7.71. The quantitative estimate of drug-likeness (QED) is 0.837. The Balaban J connectivity index is 2.12. The third-order valence-electron chi connectivity index (χ3n) is 4.05. The van der Waals surface area contributed by atoms with Crippen molar-refractivity contribution in [2.24, 2.45) is 0 Å². The third-order valence-corrected chi connectivity index (χ3v) is 4.38. The van der Waals surface area contributed by atoms with E-state index >= 15 is 0 Å². The van der Waals surface area contributed by atoms with Crippen LogP contribution in [0.25, 0.3) is 0 Å². The SMILES string of the molecule is CC(C)(c1ccccc1)c1nc(=S)c2c([nH]1)CCC2. The minimum atomic E-state index is -0.146. The standard InChI is InChI=1S/C16H18N2S/c1-16(2,11-7-4-3-5-8-11)15-17-13-10-6-9-12(13)14(19)18-15/h3-5,7-8H,6,9-10H2,1-2H3,(H,17,18,19). The number of hydrogen-bond donors (Lipinski definition) is 1. The molecule has 0 spiro atoms. The summed E-state index contributed by atoms with van der Waals surface area (Å²) in [6.45, 7) is 4.38. The highest BCUT2D eigenvalue weighted by Gasteiger charge is 2.27. The average Bonchev–Trinajstić information content (AvgIpc) is 2.88. The van der Waals surface area contributed by atoms with Gasteiger partial charge in [0.15, 0.2) is 0 Å². The zero-order chi connectivity index (χ0) is 13.5. The largest absolute Gasteiger partial charge is 0.346 e. The second-order valence-corrected chi connectivity index (χ2v) is 6.08. The third kappa shape index (κ3) is 2.12. The first kappa shape index (κ1) is 12.5. The summed E-state index contributed by atoms with van der Waals surface area (Å²) in [5.41, 5.74) is 3.65. The van der Waals surface area contributed by atoms with Crippen molar-refractivity contribution < 1.29 is 0 Å². The van der Waals surface area contributed by atoms with Crippen LogP contribution in [0.15, 0.2) is 30.3 Å². The van der Waals surface area contributed by atoms with Gasteiger partial charge in [-0.05, 0) is 38.7 Å². The van der Waals surface area contributed by atoms with Crippen LogP contribution in [-0.4, -0.2) is 9.97 Å². The molecule has 1 aliphatic rings. The summed E-state index contributed by atoms with van der Waals surface area (Å²) in [5, 5.41) is 0. The van der Waals surface area contributed by atoms with Crippen LogP contribution < -0.4 is 0 Å².